The van der Waals surface area contributed by atoms with Crippen LogP contribution in [0.1, 0.15) is 11.9 Å². The first-order valence-corrected chi connectivity index (χ1v) is 3.52. The first kappa shape index (κ1) is 9.88. The molecule has 0 saturated carbocycles. The van der Waals surface area contributed by atoms with Crippen LogP contribution in [0.15, 0.2) is 18.2 Å². The van der Waals surface area contributed by atoms with Crippen LogP contribution in [0, 0.1) is 5.82 Å². The first-order valence-electron chi connectivity index (χ1n) is 3.52. The van der Waals surface area contributed by atoms with Crippen molar-refractivity contribution in [1.82, 2.24) is 0 Å². The zero-order valence-corrected chi connectivity index (χ0v) is 6.96. The van der Waals surface area contributed by atoms with Gasteiger partial charge in [0.2, 0.25) is 6.36 Å². The van der Waals surface area contributed by atoms with E-state index in [0.717, 1.165) is 6.07 Å². The van der Waals surface area contributed by atoms with Crippen LogP contribution >= 0.6 is 0 Å². The predicted molar refractivity (Wildman–Crippen MR) is 42.1 cm³/mol. The van der Waals surface area contributed by atoms with Crippen LogP contribution in [-0.2, 0) is 4.84 Å². The molecule has 0 fully saturated rings. The zero-order chi connectivity index (χ0) is 9.84. The molecule has 0 spiro atoms. The van der Waals surface area contributed by atoms with Crippen molar-refractivity contribution < 1.29 is 18.4 Å². The predicted octanol–water partition coefficient (Wildman–Crippen LogP) is 1.69. The van der Waals surface area contributed by atoms with Crippen molar-refractivity contribution in [2.75, 3.05) is 7.11 Å². The highest BCUT2D eigenvalue weighted by atomic mass is 19.1. The van der Waals surface area contributed by atoms with Crippen LogP contribution in [0.3, 0.4) is 0 Å². The van der Waals surface area contributed by atoms with E-state index in [9.17, 15) is 8.78 Å². The molecular formula is C8H9F2NO2. The van der Waals surface area contributed by atoms with E-state index in [1.807, 2.05) is 0 Å². The van der Waals surface area contributed by atoms with Crippen LogP contribution in [0.2, 0.25) is 0 Å². The highest BCUT2D eigenvalue weighted by Crippen LogP contribution is 2.29. The average Bonchev–Trinajstić information content (AvgIpc) is 2.16. The van der Waals surface area contributed by atoms with Crippen LogP contribution in [0.25, 0.3) is 0 Å². The number of ether oxygens (including phenoxy) is 1. The molecule has 0 aromatic heterocycles. The molecule has 0 amide bonds. The van der Waals surface area contributed by atoms with Crippen LogP contribution in [0.4, 0.5) is 8.78 Å². The molecule has 3 nitrogen and oxygen atoms in total. The van der Waals surface area contributed by atoms with Gasteiger partial charge in [-0.1, -0.05) is 6.07 Å². The quantitative estimate of drug-likeness (QED) is 0.736. The van der Waals surface area contributed by atoms with Crippen molar-refractivity contribution in [3.63, 3.8) is 0 Å². The number of para-hydroxylation sites is 1. The van der Waals surface area contributed by atoms with E-state index in [0.29, 0.717) is 0 Å². The molecule has 1 rings (SSSR count). The molecule has 72 valence electrons. The maximum Gasteiger partial charge on any atom is 0.246 e. The highest BCUT2D eigenvalue weighted by Gasteiger charge is 2.17. The molecule has 0 radical (unpaired) electrons. The van der Waals surface area contributed by atoms with Gasteiger partial charge < -0.3 is 4.74 Å². The number of halogens is 2. The number of benzene rings is 1. The fourth-order valence-corrected chi connectivity index (χ4v) is 0.993. The number of hydrogen-bond acceptors (Lipinski definition) is 3. The van der Waals surface area contributed by atoms with Crippen molar-refractivity contribution in [3.8, 4) is 5.75 Å². The Labute approximate surface area is 74.0 Å². The topological polar surface area (TPSA) is 44.5 Å². The Morgan fingerprint density at radius 3 is 2.69 bits per heavy atom. The average molecular weight is 189 g/mol. The smallest absolute Gasteiger partial charge is 0.246 e. The van der Waals surface area contributed by atoms with E-state index in [4.69, 9.17) is 0 Å². The molecule has 2 N–H and O–H groups in total. The minimum Gasteiger partial charge on any atom is -0.493 e. The van der Waals surface area contributed by atoms with Crippen molar-refractivity contribution >= 4 is 0 Å². The van der Waals surface area contributed by atoms with Gasteiger partial charge in [0, 0.05) is 0 Å². The third kappa shape index (κ3) is 1.93. The van der Waals surface area contributed by atoms with Crippen LogP contribution in [0.5, 0.6) is 5.75 Å². The molecule has 0 aliphatic carbocycles. The molecule has 13 heavy (non-hydrogen) atoms. The van der Waals surface area contributed by atoms with E-state index in [2.05, 4.69) is 15.5 Å². The third-order valence-electron chi connectivity index (χ3n) is 1.57. The van der Waals surface area contributed by atoms with Gasteiger partial charge in [-0.2, -0.15) is 0 Å². The van der Waals surface area contributed by atoms with E-state index < -0.39 is 12.2 Å². The summed E-state index contributed by atoms with van der Waals surface area (Å²) >= 11 is 0. The molecule has 1 unspecified atom stereocenters. The van der Waals surface area contributed by atoms with E-state index in [-0.39, 0.29) is 11.3 Å². The second kappa shape index (κ2) is 4.15. The van der Waals surface area contributed by atoms with Crippen molar-refractivity contribution in [3.05, 3.63) is 29.6 Å². The van der Waals surface area contributed by atoms with Gasteiger partial charge in [0.05, 0.1) is 12.7 Å². The van der Waals surface area contributed by atoms with E-state index >= 15 is 0 Å². The van der Waals surface area contributed by atoms with Crippen LogP contribution < -0.4 is 10.6 Å². The molecule has 0 bridgehead atoms. The van der Waals surface area contributed by atoms with Gasteiger partial charge >= 0.3 is 0 Å². The number of hydrogen-bond donors (Lipinski definition) is 1. The van der Waals surface area contributed by atoms with Gasteiger partial charge in [-0.15, -0.1) is 0 Å². The summed E-state index contributed by atoms with van der Waals surface area (Å²) in [7, 11) is 1.24. The number of alkyl halides is 1. The molecule has 1 aromatic rings. The number of rotatable bonds is 3. The Balaban J connectivity index is 3.12. The van der Waals surface area contributed by atoms with Crippen molar-refractivity contribution in [2.24, 2.45) is 5.90 Å². The van der Waals surface area contributed by atoms with E-state index in [1.165, 1.54) is 19.2 Å². The fourth-order valence-electron chi connectivity index (χ4n) is 0.993. The Morgan fingerprint density at radius 1 is 1.46 bits per heavy atom. The minimum absolute atomic E-state index is 0.0648. The molecule has 0 aliphatic rings. The fraction of sp³-hybridized carbons (Fsp3) is 0.250. The summed E-state index contributed by atoms with van der Waals surface area (Å²) in [6.07, 6.45) is -1.88. The van der Waals surface area contributed by atoms with Gasteiger partial charge in [-0.05, 0) is 12.1 Å². The summed E-state index contributed by atoms with van der Waals surface area (Å²) in [6, 6.07) is 3.84. The van der Waals surface area contributed by atoms with Gasteiger partial charge in [0.15, 0.2) is 11.6 Å². The molecule has 0 saturated heterocycles. The van der Waals surface area contributed by atoms with Gasteiger partial charge in [-0.3, -0.25) is 4.84 Å². The third-order valence-corrected chi connectivity index (χ3v) is 1.57. The summed E-state index contributed by atoms with van der Waals surface area (Å²) in [5.74, 6) is 3.78. The number of nitrogens with two attached hydrogens (primary N) is 1. The SMILES string of the molecule is COc1c(F)cccc1C(F)ON. The highest BCUT2D eigenvalue weighted by molar-refractivity contribution is 5.35. The largest absolute Gasteiger partial charge is 0.493 e. The second-order valence-corrected chi connectivity index (χ2v) is 2.31. The van der Waals surface area contributed by atoms with Gasteiger partial charge in [0.25, 0.3) is 0 Å². The Kier molecular flexibility index (Phi) is 3.16. The summed E-state index contributed by atoms with van der Waals surface area (Å²) in [5, 5.41) is 0. The van der Waals surface area contributed by atoms with Crippen LogP contribution in [-0.4, -0.2) is 7.11 Å². The first-order chi connectivity index (χ1) is 6.20. The second-order valence-electron chi connectivity index (χ2n) is 2.31. The maximum absolute atomic E-state index is 13.0. The summed E-state index contributed by atoms with van der Waals surface area (Å²) in [5.41, 5.74) is -0.0648. The molecular weight excluding hydrogens is 180 g/mol. The normalized spacial score (nSPS) is 12.6. The Morgan fingerprint density at radius 2 is 2.15 bits per heavy atom. The lowest BCUT2D eigenvalue weighted by Gasteiger charge is -2.10. The van der Waals surface area contributed by atoms with E-state index in [1.54, 1.807) is 0 Å². The Bertz CT molecular complexity index is 293. The van der Waals surface area contributed by atoms with Gasteiger partial charge in [-0.25, -0.2) is 14.7 Å². The number of methoxy groups -OCH3 is 1. The lowest BCUT2D eigenvalue weighted by Crippen LogP contribution is -2.06. The Hall–Kier alpha value is -1.20. The lowest BCUT2D eigenvalue weighted by atomic mass is 10.2. The minimum atomic E-state index is -1.88. The zero-order valence-electron chi connectivity index (χ0n) is 6.96. The summed E-state index contributed by atoms with van der Waals surface area (Å²) < 4.78 is 30.5. The lowest BCUT2D eigenvalue weighted by molar-refractivity contribution is -0.0446. The molecule has 1 atom stereocenters. The molecule has 0 heterocycles. The monoisotopic (exact) mass is 189 g/mol. The van der Waals surface area contributed by atoms with Gasteiger partial charge in [0.1, 0.15) is 0 Å². The molecule has 5 heteroatoms. The molecule has 1 aromatic carbocycles. The maximum atomic E-state index is 13.0. The van der Waals surface area contributed by atoms with Crippen molar-refractivity contribution in [2.45, 2.75) is 6.36 Å². The molecule has 0 aliphatic heterocycles. The summed E-state index contributed by atoms with van der Waals surface area (Å²) in [6.45, 7) is 0. The van der Waals surface area contributed by atoms with Crippen molar-refractivity contribution in [1.29, 1.82) is 0 Å². The summed E-state index contributed by atoms with van der Waals surface area (Å²) in [4.78, 5) is 3.92. The standard InChI is InChI=1S/C8H9F2NO2/c1-12-7-5(8(10)13-11)3-2-4-6(7)9/h2-4,8H,11H2,1H3.